The van der Waals surface area contributed by atoms with Gasteiger partial charge in [0.25, 0.3) is 0 Å². The minimum Gasteiger partial charge on any atom is -0.264 e. The fourth-order valence-electron chi connectivity index (χ4n) is 1.57. The van der Waals surface area contributed by atoms with Gasteiger partial charge in [0.1, 0.15) is 0 Å². The Kier molecular flexibility index (Phi) is 17.7. The van der Waals surface area contributed by atoms with E-state index in [1.807, 2.05) is 0 Å². The first-order valence-corrected chi connectivity index (χ1v) is 8.96. The maximum atomic E-state index is 9.72. The molecule has 0 radical (unpaired) electrons. The fourth-order valence-corrected chi connectivity index (χ4v) is 1.95. The van der Waals surface area contributed by atoms with Crippen molar-refractivity contribution >= 4 is 10.4 Å². The summed E-state index contributed by atoms with van der Waals surface area (Å²) in [5.74, 6) is 0. The monoisotopic (exact) mass is 296 g/mol. The minimum atomic E-state index is -4.19. The molecule has 5 heteroatoms. The molecular weight excluding hydrogens is 264 g/mol. The Morgan fingerprint density at radius 2 is 1.11 bits per heavy atom. The van der Waals surface area contributed by atoms with Gasteiger partial charge in [0, 0.05) is 0 Å². The van der Waals surface area contributed by atoms with E-state index in [1.165, 1.54) is 57.8 Å². The van der Waals surface area contributed by atoms with E-state index in [4.69, 9.17) is 4.55 Å². The van der Waals surface area contributed by atoms with Gasteiger partial charge in [-0.15, -0.1) is 0 Å². The minimum absolute atomic E-state index is 0.0405. The molecule has 0 unspecified atom stereocenters. The predicted octanol–water partition coefficient (Wildman–Crippen LogP) is 4.75. The number of rotatable bonds is 11. The summed E-state index contributed by atoms with van der Waals surface area (Å²) >= 11 is 0. The molecule has 0 saturated carbocycles. The van der Waals surface area contributed by atoms with Gasteiger partial charge in [0.15, 0.2) is 0 Å². The molecule has 0 saturated heterocycles. The highest BCUT2D eigenvalue weighted by atomic mass is 32.3. The maximum absolute atomic E-state index is 9.72. The quantitative estimate of drug-likeness (QED) is 0.441. The Morgan fingerprint density at radius 3 is 1.32 bits per heavy atom. The molecule has 0 aliphatic heterocycles. The summed E-state index contributed by atoms with van der Waals surface area (Å²) in [5.41, 5.74) is 0. The van der Waals surface area contributed by atoms with E-state index in [0.29, 0.717) is 6.42 Å². The van der Waals surface area contributed by atoms with Crippen molar-refractivity contribution in [3.63, 3.8) is 0 Å². The smallest absolute Gasteiger partial charge is 0.264 e. The summed E-state index contributed by atoms with van der Waals surface area (Å²) in [4.78, 5) is 0. The Balaban J connectivity index is 0. The molecule has 19 heavy (non-hydrogen) atoms. The molecule has 0 aromatic carbocycles. The van der Waals surface area contributed by atoms with Gasteiger partial charge in [-0.05, 0) is 6.42 Å². The summed E-state index contributed by atoms with van der Waals surface area (Å²) in [5, 5.41) is 0. The second-order valence-corrected chi connectivity index (χ2v) is 5.82. The van der Waals surface area contributed by atoms with Crippen LogP contribution < -0.4 is 0 Å². The van der Waals surface area contributed by atoms with Gasteiger partial charge < -0.3 is 0 Å². The molecule has 0 rings (SSSR count). The molecule has 0 aliphatic rings. The highest BCUT2D eigenvalue weighted by Crippen LogP contribution is 2.08. The van der Waals surface area contributed by atoms with Gasteiger partial charge >= 0.3 is 10.4 Å². The van der Waals surface area contributed by atoms with Gasteiger partial charge in [0.05, 0.1) is 6.61 Å². The summed E-state index contributed by atoms with van der Waals surface area (Å²) in [7, 11) is -4.19. The second kappa shape index (κ2) is 15.9. The number of unbranched alkanes of at least 4 members (excludes halogenated alkanes) is 8. The SMILES string of the molecule is CCCCCCCCCCC.CCCOS(=O)(=O)O. The van der Waals surface area contributed by atoms with Crippen molar-refractivity contribution in [2.75, 3.05) is 6.61 Å². The summed E-state index contributed by atoms with van der Waals surface area (Å²) in [6, 6.07) is 0. The van der Waals surface area contributed by atoms with Crippen LogP contribution >= 0.6 is 0 Å². The standard InChI is InChI=1S/C11H24.C3H8O4S/c1-3-5-7-9-11-10-8-6-4-2;1-2-3-7-8(4,5)6/h3-11H2,1-2H3;2-3H2,1H3,(H,4,5,6). The molecule has 0 aliphatic carbocycles. The molecular formula is C14H32O4S. The Labute approximate surface area is 119 Å². The summed E-state index contributed by atoms with van der Waals surface area (Å²) in [6.45, 7) is 6.33. The van der Waals surface area contributed by atoms with Gasteiger partial charge in [-0.3, -0.25) is 4.55 Å². The first-order chi connectivity index (χ1) is 8.97. The van der Waals surface area contributed by atoms with Crippen molar-refractivity contribution in [1.82, 2.24) is 0 Å². The Bertz CT molecular complexity index is 242. The third kappa shape index (κ3) is 27.2. The maximum Gasteiger partial charge on any atom is 0.397 e. The van der Waals surface area contributed by atoms with E-state index in [0.717, 1.165) is 0 Å². The van der Waals surface area contributed by atoms with E-state index in [9.17, 15) is 8.42 Å². The van der Waals surface area contributed by atoms with Gasteiger partial charge in [-0.2, -0.15) is 8.42 Å². The predicted molar refractivity (Wildman–Crippen MR) is 80.7 cm³/mol. The van der Waals surface area contributed by atoms with Crippen LogP contribution in [0.5, 0.6) is 0 Å². The van der Waals surface area contributed by atoms with Gasteiger partial charge in [0.2, 0.25) is 0 Å². The zero-order valence-corrected chi connectivity index (χ0v) is 13.7. The van der Waals surface area contributed by atoms with Gasteiger partial charge in [-0.1, -0.05) is 78.6 Å². The van der Waals surface area contributed by atoms with Crippen LogP contribution in [0.15, 0.2) is 0 Å². The summed E-state index contributed by atoms with van der Waals surface area (Å²) < 4.78 is 31.3. The van der Waals surface area contributed by atoms with Crippen LogP contribution in [0.3, 0.4) is 0 Å². The topological polar surface area (TPSA) is 63.6 Å². The van der Waals surface area contributed by atoms with Crippen LogP contribution in [0.4, 0.5) is 0 Å². The largest absolute Gasteiger partial charge is 0.397 e. The van der Waals surface area contributed by atoms with Gasteiger partial charge in [-0.25, -0.2) is 4.18 Å². The molecule has 0 amide bonds. The highest BCUT2D eigenvalue weighted by molar-refractivity contribution is 7.80. The first kappa shape index (κ1) is 21.2. The molecule has 0 bridgehead atoms. The lowest BCUT2D eigenvalue weighted by molar-refractivity contribution is 0.269. The Hall–Kier alpha value is -0.130. The summed E-state index contributed by atoms with van der Waals surface area (Å²) in [6.07, 6.45) is 13.5. The van der Waals surface area contributed by atoms with Crippen molar-refractivity contribution in [2.24, 2.45) is 0 Å². The van der Waals surface area contributed by atoms with Crippen LogP contribution in [-0.4, -0.2) is 19.6 Å². The Morgan fingerprint density at radius 1 is 0.737 bits per heavy atom. The van der Waals surface area contributed by atoms with Crippen LogP contribution in [0.25, 0.3) is 0 Å². The van der Waals surface area contributed by atoms with E-state index in [1.54, 1.807) is 6.92 Å². The molecule has 118 valence electrons. The third-order valence-corrected chi connectivity index (χ3v) is 3.11. The molecule has 0 fully saturated rings. The van der Waals surface area contributed by atoms with Crippen molar-refractivity contribution in [3.8, 4) is 0 Å². The average Bonchev–Trinajstić information content (AvgIpc) is 2.35. The molecule has 0 spiro atoms. The second-order valence-electron chi connectivity index (χ2n) is 4.72. The van der Waals surface area contributed by atoms with Crippen LogP contribution in [-0.2, 0) is 14.6 Å². The third-order valence-electron chi connectivity index (χ3n) is 2.64. The lowest BCUT2D eigenvalue weighted by Crippen LogP contribution is -2.03. The fraction of sp³-hybridized carbons (Fsp3) is 1.00. The zero-order valence-electron chi connectivity index (χ0n) is 12.9. The van der Waals surface area contributed by atoms with Crippen molar-refractivity contribution < 1.29 is 17.2 Å². The van der Waals surface area contributed by atoms with Crippen molar-refractivity contribution in [1.29, 1.82) is 0 Å². The van der Waals surface area contributed by atoms with Crippen LogP contribution in [0, 0.1) is 0 Å². The highest BCUT2D eigenvalue weighted by Gasteiger charge is 2.00. The van der Waals surface area contributed by atoms with E-state index in [-0.39, 0.29) is 6.61 Å². The lowest BCUT2D eigenvalue weighted by Gasteiger charge is -1.98. The normalized spacial score (nSPS) is 10.9. The number of hydrogen-bond donors (Lipinski definition) is 1. The first-order valence-electron chi connectivity index (χ1n) is 7.59. The molecule has 4 nitrogen and oxygen atoms in total. The number of hydrogen-bond acceptors (Lipinski definition) is 3. The molecule has 0 aromatic rings. The van der Waals surface area contributed by atoms with Crippen molar-refractivity contribution in [3.05, 3.63) is 0 Å². The molecule has 0 heterocycles. The lowest BCUT2D eigenvalue weighted by atomic mass is 10.1. The van der Waals surface area contributed by atoms with Crippen molar-refractivity contribution in [2.45, 2.75) is 85.0 Å². The molecule has 0 atom stereocenters. The van der Waals surface area contributed by atoms with E-state index < -0.39 is 10.4 Å². The average molecular weight is 296 g/mol. The zero-order chi connectivity index (χ0) is 15.0. The molecule has 1 N–H and O–H groups in total. The van der Waals surface area contributed by atoms with E-state index >= 15 is 0 Å². The van der Waals surface area contributed by atoms with Crippen LogP contribution in [0.2, 0.25) is 0 Å². The van der Waals surface area contributed by atoms with Crippen LogP contribution in [0.1, 0.15) is 85.0 Å². The van der Waals surface area contributed by atoms with E-state index in [2.05, 4.69) is 18.0 Å². The molecule has 0 aromatic heterocycles.